The van der Waals surface area contributed by atoms with Gasteiger partial charge < -0.3 is 10.2 Å². The maximum atomic E-state index is 13.5. The molecule has 0 aliphatic carbocycles. The molecule has 0 bridgehead atoms. The zero-order valence-electron chi connectivity index (χ0n) is 14.0. The molecule has 3 heterocycles. The number of carbonyl (C=O) groups is 1. The summed E-state index contributed by atoms with van der Waals surface area (Å²) < 4.78 is 15.4. The summed E-state index contributed by atoms with van der Waals surface area (Å²) in [6.07, 6.45) is 0. The van der Waals surface area contributed by atoms with Gasteiger partial charge in [0.25, 0.3) is 11.5 Å². The molecule has 3 aromatic rings. The number of nitrogens with one attached hydrogen (secondary N) is 1. The number of hydrogen-bond donors (Lipinski definition) is 1. The Morgan fingerprint density at radius 3 is 2.81 bits per heavy atom. The van der Waals surface area contributed by atoms with Gasteiger partial charge in [0.15, 0.2) is 4.80 Å². The van der Waals surface area contributed by atoms with Crippen molar-refractivity contribution in [3.05, 3.63) is 79.6 Å². The molecule has 0 saturated carbocycles. The second-order valence-corrected chi connectivity index (χ2v) is 7.26. The standard InChI is InChI=1S/C19H13FN4O2S/c20-11-4-3-5-12(8-11)23-9-21-19-24(10-23)18(26)16(27-19)15-13-6-1-2-7-14(13)22-17(15)25/h1-8H,9-10H2,(H,22,25). The molecule has 1 aromatic heterocycles. The number of fused-ring (bicyclic) bond motifs is 2. The van der Waals surface area contributed by atoms with Crippen molar-refractivity contribution < 1.29 is 9.18 Å². The third-order valence-corrected chi connectivity index (χ3v) is 5.74. The molecule has 134 valence electrons. The van der Waals surface area contributed by atoms with Crippen LogP contribution >= 0.6 is 11.3 Å². The molecule has 0 fully saturated rings. The van der Waals surface area contributed by atoms with Gasteiger partial charge in [-0.05, 0) is 24.3 Å². The van der Waals surface area contributed by atoms with Crippen molar-refractivity contribution in [2.24, 2.45) is 4.99 Å². The highest BCUT2D eigenvalue weighted by molar-refractivity contribution is 7.07. The first-order chi connectivity index (χ1) is 13.1. The van der Waals surface area contributed by atoms with Gasteiger partial charge >= 0.3 is 0 Å². The van der Waals surface area contributed by atoms with Crippen molar-refractivity contribution in [1.82, 2.24) is 4.57 Å². The van der Waals surface area contributed by atoms with Crippen LogP contribution in [0.15, 0.2) is 58.3 Å². The predicted octanol–water partition coefficient (Wildman–Crippen LogP) is 1.25. The number of aromatic nitrogens is 1. The van der Waals surface area contributed by atoms with Gasteiger partial charge in [-0.15, -0.1) is 0 Å². The molecule has 0 atom stereocenters. The fourth-order valence-electron chi connectivity index (χ4n) is 3.34. The second kappa shape index (κ2) is 5.88. The minimum Gasteiger partial charge on any atom is -0.333 e. The lowest BCUT2D eigenvalue weighted by Crippen LogP contribution is -2.43. The average Bonchev–Trinajstić information content (AvgIpc) is 3.17. The van der Waals surface area contributed by atoms with E-state index in [0.717, 1.165) is 5.56 Å². The highest BCUT2D eigenvalue weighted by Crippen LogP contribution is 2.29. The van der Waals surface area contributed by atoms with Crippen LogP contribution in [0.2, 0.25) is 0 Å². The van der Waals surface area contributed by atoms with E-state index in [0.29, 0.717) is 33.0 Å². The Hall–Kier alpha value is -3.26. The zero-order chi connectivity index (χ0) is 18.5. The summed E-state index contributed by atoms with van der Waals surface area (Å²) in [7, 11) is 0. The molecule has 2 aromatic carbocycles. The van der Waals surface area contributed by atoms with E-state index in [1.807, 2.05) is 18.2 Å². The topological polar surface area (TPSA) is 66.7 Å². The van der Waals surface area contributed by atoms with Crippen LogP contribution in [0.4, 0.5) is 15.8 Å². The molecular formula is C19H13FN4O2S. The van der Waals surface area contributed by atoms with E-state index in [-0.39, 0.29) is 24.0 Å². The third-order valence-electron chi connectivity index (χ3n) is 4.62. The fraction of sp³-hybridized carbons (Fsp3) is 0.105. The normalized spacial score (nSPS) is 17.2. The molecule has 2 aliphatic rings. The third kappa shape index (κ3) is 2.48. The molecule has 1 amide bonds. The molecule has 0 spiro atoms. The van der Waals surface area contributed by atoms with Crippen LogP contribution in [0.3, 0.4) is 0 Å². The highest BCUT2D eigenvalue weighted by Gasteiger charge is 2.27. The van der Waals surface area contributed by atoms with Gasteiger partial charge in [-0.1, -0.05) is 35.6 Å². The van der Waals surface area contributed by atoms with E-state index in [1.165, 1.54) is 28.0 Å². The number of thiazole rings is 1. The summed E-state index contributed by atoms with van der Waals surface area (Å²) >= 11 is 1.21. The summed E-state index contributed by atoms with van der Waals surface area (Å²) in [5.41, 5.74) is 2.20. The maximum absolute atomic E-state index is 13.5. The first-order valence-corrected chi connectivity index (χ1v) is 9.13. The average molecular weight is 380 g/mol. The Kier molecular flexibility index (Phi) is 3.48. The van der Waals surface area contributed by atoms with Crippen molar-refractivity contribution in [1.29, 1.82) is 0 Å². The number of benzene rings is 2. The molecular weight excluding hydrogens is 367 g/mol. The van der Waals surface area contributed by atoms with Crippen LogP contribution in [0, 0.1) is 5.82 Å². The van der Waals surface area contributed by atoms with Gasteiger partial charge in [0.05, 0.1) is 5.57 Å². The summed E-state index contributed by atoms with van der Waals surface area (Å²) in [6.45, 7) is 0.579. The van der Waals surface area contributed by atoms with Crippen LogP contribution in [0.25, 0.3) is 5.57 Å². The first-order valence-electron chi connectivity index (χ1n) is 8.31. The monoisotopic (exact) mass is 380 g/mol. The zero-order valence-corrected chi connectivity index (χ0v) is 14.8. The van der Waals surface area contributed by atoms with E-state index < -0.39 is 0 Å². The lowest BCUT2D eigenvalue weighted by molar-refractivity contribution is -0.110. The Bertz CT molecular complexity index is 1280. The van der Waals surface area contributed by atoms with Crippen LogP contribution in [-0.4, -0.2) is 17.1 Å². The lowest BCUT2D eigenvalue weighted by atomic mass is 10.1. The number of nitrogens with zero attached hydrogens (tertiary/aromatic N) is 3. The van der Waals surface area contributed by atoms with Crippen LogP contribution in [0.1, 0.15) is 5.56 Å². The van der Waals surface area contributed by atoms with Gasteiger partial charge in [-0.25, -0.2) is 9.38 Å². The van der Waals surface area contributed by atoms with Gasteiger partial charge in [0.1, 0.15) is 23.7 Å². The quantitative estimate of drug-likeness (QED) is 0.691. The van der Waals surface area contributed by atoms with Crippen LogP contribution in [0.5, 0.6) is 0 Å². The number of carbonyl (C=O) groups excluding carboxylic acids is 1. The van der Waals surface area contributed by atoms with E-state index in [9.17, 15) is 14.0 Å². The number of hydrogen-bond acceptors (Lipinski definition) is 5. The number of amides is 1. The van der Waals surface area contributed by atoms with E-state index >= 15 is 0 Å². The molecule has 0 unspecified atom stereocenters. The first kappa shape index (κ1) is 16.0. The smallest absolute Gasteiger partial charge is 0.272 e. The summed E-state index contributed by atoms with van der Waals surface area (Å²) in [5.74, 6) is -0.624. The van der Waals surface area contributed by atoms with Crippen molar-refractivity contribution in [2.75, 3.05) is 16.9 Å². The fourth-order valence-corrected chi connectivity index (χ4v) is 4.40. The van der Waals surface area contributed by atoms with E-state index in [2.05, 4.69) is 10.3 Å². The van der Waals surface area contributed by atoms with Gasteiger partial charge in [-0.3, -0.25) is 14.2 Å². The molecule has 27 heavy (non-hydrogen) atoms. The minimum atomic E-state index is -0.341. The number of para-hydroxylation sites is 1. The summed E-state index contributed by atoms with van der Waals surface area (Å²) in [4.78, 5) is 32.3. The molecule has 0 radical (unpaired) electrons. The molecule has 8 heteroatoms. The van der Waals surface area contributed by atoms with Crippen molar-refractivity contribution >= 4 is 34.2 Å². The Labute approximate surface area is 156 Å². The van der Waals surface area contributed by atoms with Crippen molar-refractivity contribution in [3.8, 4) is 0 Å². The molecule has 2 aliphatic heterocycles. The summed E-state index contributed by atoms with van der Waals surface area (Å²) in [6, 6.07) is 13.5. The van der Waals surface area contributed by atoms with Gasteiger partial charge in [0.2, 0.25) is 0 Å². The molecule has 6 nitrogen and oxygen atoms in total. The van der Waals surface area contributed by atoms with Crippen molar-refractivity contribution in [2.45, 2.75) is 6.67 Å². The maximum Gasteiger partial charge on any atom is 0.272 e. The lowest BCUT2D eigenvalue weighted by Gasteiger charge is -2.25. The second-order valence-electron chi connectivity index (χ2n) is 6.28. The molecule has 5 rings (SSSR count). The van der Waals surface area contributed by atoms with E-state index in [1.54, 1.807) is 23.1 Å². The molecule has 0 saturated heterocycles. The highest BCUT2D eigenvalue weighted by atomic mass is 32.1. The molecule has 1 N–H and O–H groups in total. The Morgan fingerprint density at radius 1 is 1.11 bits per heavy atom. The SMILES string of the molecule is O=C1Nc2ccccc2C1=c1sc2n(c1=O)CN(c1cccc(F)c1)CN=2. The van der Waals surface area contributed by atoms with E-state index in [4.69, 9.17) is 0 Å². The van der Waals surface area contributed by atoms with Gasteiger partial charge in [0, 0.05) is 16.9 Å². The minimum absolute atomic E-state index is 0.258. The van der Waals surface area contributed by atoms with Gasteiger partial charge in [-0.2, -0.15) is 0 Å². The van der Waals surface area contributed by atoms with Crippen LogP contribution < -0.4 is 25.1 Å². The Morgan fingerprint density at radius 2 is 1.96 bits per heavy atom. The largest absolute Gasteiger partial charge is 0.333 e. The number of anilines is 2. The Balaban J connectivity index is 1.65. The van der Waals surface area contributed by atoms with Crippen LogP contribution in [-0.2, 0) is 11.5 Å². The predicted molar refractivity (Wildman–Crippen MR) is 101 cm³/mol. The van der Waals surface area contributed by atoms with Crippen molar-refractivity contribution in [3.63, 3.8) is 0 Å². The summed E-state index contributed by atoms with van der Waals surface area (Å²) in [5, 5.41) is 2.79. The number of halogens is 1. The number of rotatable bonds is 1.